The van der Waals surface area contributed by atoms with Gasteiger partial charge in [-0.05, 0) is 24.6 Å². The van der Waals surface area contributed by atoms with E-state index < -0.39 is 11.9 Å². The topological polar surface area (TPSA) is 46.2 Å². The third-order valence-electron chi connectivity index (χ3n) is 2.05. The molecular weight excluding hydrogens is 205 g/mol. The predicted molar refractivity (Wildman–Crippen MR) is 54.8 cm³/mol. The van der Waals surface area contributed by atoms with E-state index in [0.29, 0.717) is 10.6 Å². The molecule has 0 aliphatic carbocycles. The molecule has 0 radical (unpaired) electrons. The average molecular weight is 218 g/mol. The summed E-state index contributed by atoms with van der Waals surface area (Å²) in [5, 5.41) is 9.80. The van der Waals surface area contributed by atoms with Gasteiger partial charge in [0.05, 0.1) is 6.10 Å². The van der Waals surface area contributed by atoms with Crippen LogP contribution >= 0.6 is 11.6 Å². The monoisotopic (exact) mass is 217 g/mol. The first-order valence-electron chi connectivity index (χ1n) is 4.38. The lowest BCUT2D eigenvalue weighted by Crippen LogP contribution is -2.33. The van der Waals surface area contributed by atoms with Crippen LogP contribution in [0.1, 0.15) is 12.5 Å². The summed E-state index contributed by atoms with van der Waals surface area (Å²) in [5.41, 5.74) is 5.90. The highest BCUT2D eigenvalue weighted by atomic mass is 35.5. The van der Waals surface area contributed by atoms with E-state index in [1.165, 1.54) is 6.07 Å². The summed E-state index contributed by atoms with van der Waals surface area (Å²) in [5.74, 6) is -0.405. The Morgan fingerprint density at radius 2 is 2.21 bits per heavy atom. The van der Waals surface area contributed by atoms with Gasteiger partial charge in [-0.1, -0.05) is 17.7 Å². The maximum absolute atomic E-state index is 13.2. The predicted octanol–water partition coefficient (Wildman–Crippen LogP) is 1.73. The second kappa shape index (κ2) is 4.73. The van der Waals surface area contributed by atoms with Crippen LogP contribution in [-0.4, -0.2) is 17.3 Å². The molecule has 1 unspecified atom stereocenters. The Morgan fingerprint density at radius 3 is 2.71 bits per heavy atom. The Bertz CT molecular complexity index is 317. The second-order valence-corrected chi connectivity index (χ2v) is 3.80. The molecule has 0 bridgehead atoms. The molecule has 4 heteroatoms. The molecule has 0 fully saturated rings. The molecule has 0 aliphatic heterocycles. The number of nitrogens with two attached hydrogens (primary N) is 1. The smallest absolute Gasteiger partial charge is 0.127 e. The molecule has 1 aromatic carbocycles. The minimum atomic E-state index is -0.731. The zero-order valence-corrected chi connectivity index (χ0v) is 8.63. The Kier molecular flexibility index (Phi) is 3.86. The number of halogens is 2. The van der Waals surface area contributed by atoms with E-state index in [4.69, 9.17) is 17.3 Å². The van der Waals surface area contributed by atoms with Crippen molar-refractivity contribution < 1.29 is 9.50 Å². The molecule has 1 aromatic rings. The Labute approximate surface area is 87.5 Å². The van der Waals surface area contributed by atoms with E-state index in [0.717, 1.165) is 0 Å². The lowest BCUT2D eigenvalue weighted by molar-refractivity contribution is 0.150. The van der Waals surface area contributed by atoms with Crippen LogP contribution in [0.5, 0.6) is 0 Å². The van der Waals surface area contributed by atoms with Crippen LogP contribution < -0.4 is 5.73 Å². The SMILES string of the molecule is C[C@@H](N)C(O)Cc1ccc(Cl)cc1F. The molecule has 3 N–H and O–H groups in total. The number of hydrogen-bond acceptors (Lipinski definition) is 2. The van der Waals surface area contributed by atoms with Crippen molar-refractivity contribution in [1.29, 1.82) is 0 Å². The lowest BCUT2D eigenvalue weighted by atomic mass is 10.0. The van der Waals surface area contributed by atoms with Gasteiger partial charge in [0.2, 0.25) is 0 Å². The summed E-state index contributed by atoms with van der Waals surface area (Å²) in [6.07, 6.45) is -0.522. The fourth-order valence-corrected chi connectivity index (χ4v) is 1.26. The summed E-state index contributed by atoms with van der Waals surface area (Å²) < 4.78 is 13.2. The van der Waals surface area contributed by atoms with E-state index in [2.05, 4.69) is 0 Å². The molecule has 14 heavy (non-hydrogen) atoms. The summed E-state index contributed by atoms with van der Waals surface area (Å²) in [7, 11) is 0. The highest BCUT2D eigenvalue weighted by Crippen LogP contribution is 2.16. The van der Waals surface area contributed by atoms with E-state index in [-0.39, 0.29) is 12.5 Å². The van der Waals surface area contributed by atoms with Gasteiger partial charge in [-0.15, -0.1) is 0 Å². The fourth-order valence-electron chi connectivity index (χ4n) is 1.10. The van der Waals surface area contributed by atoms with Gasteiger partial charge in [-0.2, -0.15) is 0 Å². The zero-order chi connectivity index (χ0) is 10.7. The van der Waals surface area contributed by atoms with Gasteiger partial charge in [-0.25, -0.2) is 4.39 Å². The fraction of sp³-hybridized carbons (Fsp3) is 0.400. The first-order chi connectivity index (χ1) is 6.50. The number of benzene rings is 1. The van der Waals surface area contributed by atoms with Crippen LogP contribution in [0.15, 0.2) is 18.2 Å². The van der Waals surface area contributed by atoms with Gasteiger partial charge >= 0.3 is 0 Å². The van der Waals surface area contributed by atoms with Crippen LogP contribution in [-0.2, 0) is 6.42 Å². The van der Waals surface area contributed by atoms with Crippen LogP contribution in [0.2, 0.25) is 5.02 Å². The lowest BCUT2D eigenvalue weighted by Gasteiger charge is -2.14. The quantitative estimate of drug-likeness (QED) is 0.810. The van der Waals surface area contributed by atoms with Gasteiger partial charge in [0.25, 0.3) is 0 Å². The van der Waals surface area contributed by atoms with Crippen molar-refractivity contribution in [1.82, 2.24) is 0 Å². The van der Waals surface area contributed by atoms with E-state index >= 15 is 0 Å². The third kappa shape index (κ3) is 2.94. The van der Waals surface area contributed by atoms with Crippen molar-refractivity contribution in [2.75, 3.05) is 0 Å². The summed E-state index contributed by atoms with van der Waals surface area (Å²) in [4.78, 5) is 0. The molecule has 1 rings (SSSR count). The van der Waals surface area contributed by atoms with Crippen LogP contribution in [0.3, 0.4) is 0 Å². The van der Waals surface area contributed by atoms with Gasteiger partial charge in [-0.3, -0.25) is 0 Å². The second-order valence-electron chi connectivity index (χ2n) is 3.37. The van der Waals surface area contributed by atoms with Crippen molar-refractivity contribution in [3.05, 3.63) is 34.6 Å². The Balaban J connectivity index is 2.77. The van der Waals surface area contributed by atoms with Crippen LogP contribution in [0.25, 0.3) is 0 Å². The molecule has 0 amide bonds. The molecule has 0 spiro atoms. The van der Waals surface area contributed by atoms with Crippen LogP contribution in [0, 0.1) is 5.82 Å². The Hall–Kier alpha value is -0.640. The van der Waals surface area contributed by atoms with E-state index in [9.17, 15) is 9.50 Å². The molecule has 0 saturated carbocycles. The van der Waals surface area contributed by atoms with Gasteiger partial charge < -0.3 is 10.8 Å². The highest BCUT2D eigenvalue weighted by molar-refractivity contribution is 6.30. The van der Waals surface area contributed by atoms with Crippen molar-refractivity contribution in [2.24, 2.45) is 5.73 Å². The average Bonchev–Trinajstić information content (AvgIpc) is 2.09. The summed E-state index contributed by atoms with van der Waals surface area (Å²) >= 11 is 5.59. The maximum atomic E-state index is 13.2. The normalized spacial score (nSPS) is 15.2. The third-order valence-corrected chi connectivity index (χ3v) is 2.29. The summed E-state index contributed by atoms with van der Waals surface area (Å²) in [6.45, 7) is 1.68. The molecule has 2 atom stereocenters. The summed E-state index contributed by atoms with van der Waals surface area (Å²) in [6, 6.07) is 4.01. The molecule has 0 saturated heterocycles. The number of rotatable bonds is 3. The van der Waals surface area contributed by atoms with Gasteiger partial charge in [0.1, 0.15) is 5.82 Å². The number of hydrogen-bond donors (Lipinski definition) is 2. The molecule has 0 aromatic heterocycles. The van der Waals surface area contributed by atoms with E-state index in [1.807, 2.05) is 0 Å². The number of aliphatic hydroxyl groups is 1. The minimum absolute atomic E-state index is 0.209. The molecule has 2 nitrogen and oxygen atoms in total. The van der Waals surface area contributed by atoms with Crippen molar-refractivity contribution in [3.63, 3.8) is 0 Å². The minimum Gasteiger partial charge on any atom is -0.391 e. The standard InChI is InChI=1S/C10H13ClFNO/c1-6(13)10(14)4-7-2-3-8(11)5-9(7)12/h2-3,5-6,10,14H,4,13H2,1H3/t6-,10?/m1/s1. The van der Waals surface area contributed by atoms with Crippen molar-refractivity contribution in [3.8, 4) is 0 Å². The first kappa shape index (κ1) is 11.4. The van der Waals surface area contributed by atoms with Crippen molar-refractivity contribution >= 4 is 11.6 Å². The van der Waals surface area contributed by atoms with Gasteiger partial charge in [0.15, 0.2) is 0 Å². The largest absolute Gasteiger partial charge is 0.391 e. The molecule has 0 aliphatic rings. The van der Waals surface area contributed by atoms with Gasteiger partial charge in [0, 0.05) is 17.5 Å². The van der Waals surface area contributed by atoms with Crippen LogP contribution in [0.4, 0.5) is 4.39 Å². The maximum Gasteiger partial charge on any atom is 0.127 e. The highest BCUT2D eigenvalue weighted by Gasteiger charge is 2.13. The van der Waals surface area contributed by atoms with E-state index in [1.54, 1.807) is 19.1 Å². The number of aliphatic hydroxyl groups excluding tert-OH is 1. The molecular formula is C10H13ClFNO. The first-order valence-corrected chi connectivity index (χ1v) is 4.76. The van der Waals surface area contributed by atoms with Crippen molar-refractivity contribution in [2.45, 2.75) is 25.5 Å². The Morgan fingerprint density at radius 1 is 1.57 bits per heavy atom. The zero-order valence-electron chi connectivity index (χ0n) is 7.87. The molecule has 0 heterocycles. The molecule has 78 valence electrons.